The molecule has 1 aromatic carbocycles. The normalized spacial score (nSPS) is 22.2. The second kappa shape index (κ2) is 5.67. The minimum Gasteiger partial charge on any atom is -0.490 e. The van der Waals surface area contributed by atoms with Crippen molar-refractivity contribution < 1.29 is 4.74 Å². The molecule has 2 atom stereocenters. The van der Waals surface area contributed by atoms with Gasteiger partial charge in [-0.15, -0.1) is 0 Å². The molecule has 4 heteroatoms. The van der Waals surface area contributed by atoms with Gasteiger partial charge < -0.3 is 15.0 Å². The number of benzene rings is 1. The summed E-state index contributed by atoms with van der Waals surface area (Å²) in [6, 6.07) is 7.59. The Hall–Kier alpha value is -1.81. The highest BCUT2D eigenvalue weighted by Crippen LogP contribution is 2.29. The zero-order valence-corrected chi connectivity index (χ0v) is 11.7. The van der Waals surface area contributed by atoms with Gasteiger partial charge in [-0.25, -0.2) is 0 Å². The molecule has 0 radical (unpaired) electrons. The van der Waals surface area contributed by atoms with Crippen LogP contribution >= 0.6 is 0 Å². The number of rotatable bonds is 4. The maximum Gasteiger partial charge on any atom is 0.255 e. The number of fused-ring (bicyclic) bond motifs is 1. The third kappa shape index (κ3) is 2.70. The van der Waals surface area contributed by atoms with Crippen LogP contribution < -0.4 is 15.6 Å². The number of hydrogen-bond acceptors (Lipinski definition) is 3. The lowest BCUT2D eigenvalue weighted by molar-refractivity contribution is 0.204. The Labute approximate surface area is 118 Å². The molecule has 0 saturated heterocycles. The molecule has 0 amide bonds. The molecule has 0 aliphatic heterocycles. The van der Waals surface area contributed by atoms with Crippen molar-refractivity contribution >= 4 is 10.8 Å². The fourth-order valence-corrected chi connectivity index (χ4v) is 3.05. The molecule has 1 saturated carbocycles. The largest absolute Gasteiger partial charge is 0.490 e. The van der Waals surface area contributed by atoms with Crippen molar-refractivity contribution in [3.05, 3.63) is 40.8 Å². The summed E-state index contributed by atoms with van der Waals surface area (Å²) in [5.74, 6) is 1.58. The van der Waals surface area contributed by atoms with Gasteiger partial charge in [-0.2, -0.15) is 0 Å². The molecule has 1 aromatic heterocycles. The molecular formula is C16H20N2O2. The van der Waals surface area contributed by atoms with Gasteiger partial charge in [0, 0.05) is 11.6 Å². The Morgan fingerprint density at radius 2 is 2.25 bits per heavy atom. The standard InChI is InChI=1S/C16H20N2O2/c1-17-10-11-2-3-13(8-11)20-14-4-5-15-12(9-14)6-7-18-16(15)19/h4-7,9,11,13,17H,2-3,8,10H2,1H3,(H,18,19)/t11-,13+/m0/s1. The maximum atomic E-state index is 11.6. The van der Waals surface area contributed by atoms with Gasteiger partial charge in [0.05, 0.1) is 6.10 Å². The highest BCUT2D eigenvalue weighted by atomic mass is 16.5. The molecule has 106 valence electrons. The van der Waals surface area contributed by atoms with Gasteiger partial charge in [0.25, 0.3) is 5.56 Å². The van der Waals surface area contributed by atoms with Crippen LogP contribution in [0.2, 0.25) is 0 Å². The van der Waals surface area contributed by atoms with Crippen molar-refractivity contribution in [2.75, 3.05) is 13.6 Å². The van der Waals surface area contributed by atoms with E-state index in [1.807, 2.05) is 31.3 Å². The van der Waals surface area contributed by atoms with E-state index in [1.165, 1.54) is 6.42 Å². The molecular weight excluding hydrogens is 252 g/mol. The lowest BCUT2D eigenvalue weighted by Gasteiger charge is -2.14. The molecule has 1 heterocycles. The van der Waals surface area contributed by atoms with Crippen molar-refractivity contribution in [1.82, 2.24) is 10.3 Å². The SMILES string of the molecule is CNC[C@H]1CC[C@@H](Oc2ccc3c(=O)[nH]ccc3c2)C1. The molecule has 0 unspecified atom stereocenters. The van der Waals surface area contributed by atoms with E-state index >= 15 is 0 Å². The molecule has 2 N–H and O–H groups in total. The molecule has 4 nitrogen and oxygen atoms in total. The van der Waals surface area contributed by atoms with Crippen LogP contribution in [-0.4, -0.2) is 24.7 Å². The van der Waals surface area contributed by atoms with Gasteiger partial charge in [0.2, 0.25) is 0 Å². The van der Waals surface area contributed by atoms with E-state index in [4.69, 9.17) is 4.74 Å². The van der Waals surface area contributed by atoms with Crippen LogP contribution in [0.25, 0.3) is 10.8 Å². The first-order chi connectivity index (χ1) is 9.76. The zero-order valence-electron chi connectivity index (χ0n) is 11.7. The van der Waals surface area contributed by atoms with E-state index < -0.39 is 0 Å². The van der Waals surface area contributed by atoms with E-state index in [-0.39, 0.29) is 5.56 Å². The van der Waals surface area contributed by atoms with Crippen molar-refractivity contribution in [2.24, 2.45) is 5.92 Å². The third-order valence-corrected chi connectivity index (χ3v) is 4.03. The van der Waals surface area contributed by atoms with Crippen LogP contribution in [-0.2, 0) is 0 Å². The second-order valence-corrected chi connectivity index (χ2v) is 5.53. The summed E-state index contributed by atoms with van der Waals surface area (Å²) in [6.07, 6.45) is 5.41. The summed E-state index contributed by atoms with van der Waals surface area (Å²) >= 11 is 0. The van der Waals surface area contributed by atoms with E-state index in [2.05, 4.69) is 10.3 Å². The number of hydrogen-bond donors (Lipinski definition) is 2. The molecule has 2 aromatic rings. The predicted octanol–water partition coefficient (Wildman–Crippen LogP) is 2.29. The first-order valence-corrected chi connectivity index (χ1v) is 7.19. The van der Waals surface area contributed by atoms with E-state index in [0.29, 0.717) is 17.4 Å². The van der Waals surface area contributed by atoms with Gasteiger partial charge in [0.1, 0.15) is 5.75 Å². The van der Waals surface area contributed by atoms with Crippen molar-refractivity contribution in [3.63, 3.8) is 0 Å². The molecule has 0 bridgehead atoms. The van der Waals surface area contributed by atoms with Crippen molar-refractivity contribution in [3.8, 4) is 5.75 Å². The lowest BCUT2D eigenvalue weighted by Crippen LogP contribution is -2.18. The quantitative estimate of drug-likeness (QED) is 0.898. The summed E-state index contributed by atoms with van der Waals surface area (Å²) in [6.45, 7) is 1.06. The number of aromatic amines is 1. The van der Waals surface area contributed by atoms with Crippen LogP contribution in [0.1, 0.15) is 19.3 Å². The Bertz CT molecular complexity index is 650. The van der Waals surface area contributed by atoms with Gasteiger partial charge in [-0.1, -0.05) is 0 Å². The fraction of sp³-hybridized carbons (Fsp3) is 0.438. The molecule has 1 aliphatic carbocycles. The van der Waals surface area contributed by atoms with E-state index in [1.54, 1.807) is 6.20 Å². The van der Waals surface area contributed by atoms with E-state index in [9.17, 15) is 4.79 Å². The summed E-state index contributed by atoms with van der Waals surface area (Å²) in [5, 5.41) is 4.87. The first kappa shape index (κ1) is 13.2. The average molecular weight is 272 g/mol. The van der Waals surface area contributed by atoms with Crippen LogP contribution in [0.5, 0.6) is 5.75 Å². The summed E-state index contributed by atoms with van der Waals surface area (Å²) in [4.78, 5) is 14.3. The lowest BCUT2D eigenvalue weighted by atomic mass is 10.1. The average Bonchev–Trinajstić information content (AvgIpc) is 2.87. The monoisotopic (exact) mass is 272 g/mol. The van der Waals surface area contributed by atoms with Crippen LogP contribution in [0, 0.1) is 5.92 Å². The van der Waals surface area contributed by atoms with Crippen LogP contribution in [0.15, 0.2) is 35.3 Å². The second-order valence-electron chi connectivity index (χ2n) is 5.53. The molecule has 1 fully saturated rings. The number of nitrogens with one attached hydrogen (secondary N) is 2. The van der Waals surface area contributed by atoms with Gasteiger partial charge in [-0.3, -0.25) is 4.79 Å². The molecule has 1 aliphatic rings. The summed E-state index contributed by atoms with van der Waals surface area (Å²) in [5.41, 5.74) is -0.0519. The first-order valence-electron chi connectivity index (χ1n) is 7.19. The molecule has 0 spiro atoms. The number of H-pyrrole nitrogens is 1. The molecule has 3 rings (SSSR count). The highest BCUT2D eigenvalue weighted by Gasteiger charge is 2.25. The smallest absolute Gasteiger partial charge is 0.255 e. The Balaban J connectivity index is 1.74. The summed E-state index contributed by atoms with van der Waals surface area (Å²) in [7, 11) is 2.00. The third-order valence-electron chi connectivity index (χ3n) is 4.03. The Kier molecular flexibility index (Phi) is 3.74. The minimum atomic E-state index is -0.0519. The Morgan fingerprint density at radius 1 is 1.35 bits per heavy atom. The number of aromatic nitrogens is 1. The zero-order chi connectivity index (χ0) is 13.9. The fourth-order valence-electron chi connectivity index (χ4n) is 3.05. The predicted molar refractivity (Wildman–Crippen MR) is 80.3 cm³/mol. The number of pyridine rings is 1. The highest BCUT2D eigenvalue weighted by molar-refractivity contribution is 5.82. The minimum absolute atomic E-state index is 0.0519. The van der Waals surface area contributed by atoms with Crippen LogP contribution in [0.3, 0.4) is 0 Å². The van der Waals surface area contributed by atoms with Crippen molar-refractivity contribution in [2.45, 2.75) is 25.4 Å². The van der Waals surface area contributed by atoms with Crippen molar-refractivity contribution in [1.29, 1.82) is 0 Å². The van der Waals surface area contributed by atoms with Gasteiger partial charge >= 0.3 is 0 Å². The number of ether oxygens (including phenoxy) is 1. The summed E-state index contributed by atoms with van der Waals surface area (Å²) < 4.78 is 6.06. The topological polar surface area (TPSA) is 54.1 Å². The van der Waals surface area contributed by atoms with E-state index in [0.717, 1.165) is 30.5 Å². The van der Waals surface area contributed by atoms with Gasteiger partial charge in [-0.05, 0) is 68.4 Å². The van der Waals surface area contributed by atoms with Crippen LogP contribution in [0.4, 0.5) is 0 Å². The van der Waals surface area contributed by atoms with Gasteiger partial charge in [0.15, 0.2) is 0 Å². The maximum absolute atomic E-state index is 11.6. The Morgan fingerprint density at radius 3 is 3.10 bits per heavy atom. The molecule has 20 heavy (non-hydrogen) atoms.